The Labute approximate surface area is 146 Å². The highest BCUT2D eigenvalue weighted by atomic mass is 79.9. The van der Waals surface area contributed by atoms with Gasteiger partial charge >= 0.3 is 0 Å². The Hall–Kier alpha value is -1.01. The van der Waals surface area contributed by atoms with E-state index in [0.717, 1.165) is 23.4 Å². The number of rotatable bonds is 3. The topological polar surface area (TPSA) is 38.0 Å². The number of ether oxygens (including phenoxy) is 1. The number of morpholine rings is 1. The van der Waals surface area contributed by atoms with E-state index in [1.165, 1.54) is 0 Å². The number of aliphatic imine (C=N–C) groups is 1. The fourth-order valence-corrected chi connectivity index (χ4v) is 3.05. The van der Waals surface area contributed by atoms with Crippen LogP contribution in [0.4, 0.5) is 11.6 Å². The summed E-state index contributed by atoms with van der Waals surface area (Å²) in [6.45, 7) is 3.02. The van der Waals surface area contributed by atoms with Crippen molar-refractivity contribution in [3.8, 4) is 0 Å². The van der Waals surface area contributed by atoms with Gasteiger partial charge in [0.25, 0.3) is 0 Å². The van der Waals surface area contributed by atoms with Gasteiger partial charge in [0.05, 0.1) is 39.6 Å². The average molecular weight is 404 g/mol. The first-order valence-corrected chi connectivity index (χ1v) is 8.30. The van der Waals surface area contributed by atoms with Gasteiger partial charge in [-0.1, -0.05) is 29.3 Å². The molecule has 0 aliphatic carbocycles. The Balaban J connectivity index is 1.81. The van der Waals surface area contributed by atoms with Crippen LogP contribution < -0.4 is 4.90 Å². The molecule has 1 aromatic carbocycles. The van der Waals surface area contributed by atoms with E-state index in [9.17, 15) is 0 Å². The number of hydrogen-bond donors (Lipinski definition) is 0. The molecule has 0 saturated carbocycles. The van der Waals surface area contributed by atoms with E-state index >= 15 is 0 Å². The first kappa shape index (κ1) is 15.9. The molecule has 2 aromatic rings. The molecule has 0 amide bonds. The van der Waals surface area contributed by atoms with E-state index < -0.39 is 0 Å². The van der Waals surface area contributed by atoms with Gasteiger partial charge in [-0.15, -0.1) is 0 Å². The Kier molecular flexibility index (Phi) is 5.08. The van der Waals surface area contributed by atoms with Crippen LogP contribution in [0.15, 0.2) is 38.1 Å². The molecule has 22 heavy (non-hydrogen) atoms. The van der Waals surface area contributed by atoms with E-state index in [-0.39, 0.29) is 0 Å². The van der Waals surface area contributed by atoms with E-state index in [2.05, 4.69) is 25.8 Å². The second kappa shape index (κ2) is 7.04. The van der Waals surface area contributed by atoms with Crippen molar-refractivity contribution in [2.24, 2.45) is 4.99 Å². The van der Waals surface area contributed by atoms with Crippen molar-refractivity contribution in [2.45, 2.75) is 0 Å². The van der Waals surface area contributed by atoms with Crippen LogP contribution in [0.3, 0.4) is 0 Å². The van der Waals surface area contributed by atoms with Gasteiger partial charge in [-0.2, -0.15) is 0 Å². The lowest BCUT2D eigenvalue weighted by Gasteiger charge is -2.26. The molecule has 3 rings (SSSR count). The maximum Gasteiger partial charge on any atom is 0.210 e. The fraction of sp³-hybridized carbons (Fsp3) is 0.267. The van der Waals surface area contributed by atoms with Gasteiger partial charge in [-0.25, -0.2) is 0 Å². The minimum Gasteiger partial charge on any atom is -0.438 e. The van der Waals surface area contributed by atoms with Crippen molar-refractivity contribution in [3.05, 3.63) is 44.5 Å². The number of nitrogens with zero attached hydrogens (tertiary/aromatic N) is 2. The molecular weight excluding hydrogens is 391 g/mol. The van der Waals surface area contributed by atoms with Crippen LogP contribution in [-0.4, -0.2) is 32.5 Å². The highest BCUT2D eigenvalue weighted by Gasteiger charge is 2.18. The summed E-state index contributed by atoms with van der Waals surface area (Å²) in [4.78, 5) is 6.47. The lowest BCUT2D eigenvalue weighted by atomic mass is 10.3. The van der Waals surface area contributed by atoms with Crippen molar-refractivity contribution in [2.75, 3.05) is 31.2 Å². The Morgan fingerprint density at radius 2 is 2.00 bits per heavy atom. The summed E-state index contributed by atoms with van der Waals surface area (Å²) >= 11 is 15.6. The van der Waals surface area contributed by atoms with Crippen molar-refractivity contribution in [1.29, 1.82) is 0 Å². The lowest BCUT2D eigenvalue weighted by Crippen LogP contribution is -2.36. The van der Waals surface area contributed by atoms with Crippen molar-refractivity contribution in [1.82, 2.24) is 0 Å². The van der Waals surface area contributed by atoms with Crippen molar-refractivity contribution < 1.29 is 9.15 Å². The number of furan rings is 1. The molecule has 1 saturated heterocycles. The normalized spacial score (nSPS) is 15.7. The monoisotopic (exact) mass is 402 g/mol. The summed E-state index contributed by atoms with van der Waals surface area (Å²) in [6.07, 6.45) is 1.63. The van der Waals surface area contributed by atoms with Crippen molar-refractivity contribution >= 4 is 56.9 Å². The van der Waals surface area contributed by atoms with Crippen LogP contribution in [-0.2, 0) is 4.74 Å². The zero-order valence-corrected chi connectivity index (χ0v) is 14.7. The zero-order chi connectivity index (χ0) is 15.5. The standard InChI is InChI=1S/C15H13BrCl2N2O2/c16-11-8-10(22-15(11)20-4-6-21-7-5-20)9-19-13-3-1-2-12(17)14(13)18/h1-3,8-9H,4-7H2. The quantitative estimate of drug-likeness (QED) is 0.681. The molecule has 0 atom stereocenters. The Morgan fingerprint density at radius 3 is 2.77 bits per heavy atom. The lowest BCUT2D eigenvalue weighted by molar-refractivity contribution is 0.120. The molecule has 1 aliphatic heterocycles. The highest BCUT2D eigenvalue weighted by Crippen LogP contribution is 2.33. The van der Waals surface area contributed by atoms with Gasteiger partial charge in [0.1, 0.15) is 5.76 Å². The second-order valence-corrected chi connectivity index (χ2v) is 6.37. The number of anilines is 1. The van der Waals surface area contributed by atoms with Gasteiger partial charge in [0, 0.05) is 19.2 Å². The number of hydrogen-bond acceptors (Lipinski definition) is 4. The van der Waals surface area contributed by atoms with Crippen LogP contribution >= 0.6 is 39.1 Å². The van der Waals surface area contributed by atoms with Crippen LogP contribution in [0.25, 0.3) is 0 Å². The summed E-state index contributed by atoms with van der Waals surface area (Å²) in [5.74, 6) is 1.44. The molecule has 0 unspecified atom stereocenters. The SMILES string of the molecule is Clc1cccc(N=Cc2cc(Br)c(N3CCOCC3)o2)c1Cl. The number of halogens is 3. The molecule has 4 nitrogen and oxygen atoms in total. The summed E-state index contributed by atoms with van der Waals surface area (Å²) < 4.78 is 12.1. The van der Waals surface area contributed by atoms with Crippen molar-refractivity contribution in [3.63, 3.8) is 0 Å². The molecule has 1 fully saturated rings. The largest absolute Gasteiger partial charge is 0.438 e. The molecule has 7 heteroatoms. The molecule has 1 aliphatic rings. The molecular formula is C15H13BrCl2N2O2. The molecule has 116 valence electrons. The van der Waals surface area contributed by atoms with Crippen LogP contribution in [0.2, 0.25) is 10.0 Å². The predicted molar refractivity (Wildman–Crippen MR) is 93.2 cm³/mol. The Morgan fingerprint density at radius 1 is 1.23 bits per heavy atom. The van der Waals surface area contributed by atoms with E-state index in [4.69, 9.17) is 32.4 Å². The third-order valence-electron chi connectivity index (χ3n) is 3.25. The summed E-state index contributed by atoms with van der Waals surface area (Å²) in [5, 5.41) is 0.908. The molecule has 1 aromatic heterocycles. The smallest absolute Gasteiger partial charge is 0.210 e. The summed E-state index contributed by atoms with van der Waals surface area (Å²) in [7, 11) is 0. The van der Waals surface area contributed by atoms with Crippen LogP contribution in [0.1, 0.15) is 5.76 Å². The Bertz CT molecular complexity index is 697. The first-order chi connectivity index (χ1) is 10.6. The van der Waals surface area contributed by atoms with Gasteiger partial charge in [-0.05, 0) is 28.1 Å². The predicted octanol–water partition coefficient (Wildman–Crippen LogP) is 4.94. The average Bonchev–Trinajstić information content (AvgIpc) is 2.91. The first-order valence-electron chi connectivity index (χ1n) is 6.75. The van der Waals surface area contributed by atoms with E-state index in [1.54, 1.807) is 24.4 Å². The molecule has 0 spiro atoms. The molecule has 0 bridgehead atoms. The number of benzene rings is 1. The van der Waals surface area contributed by atoms with Gasteiger partial charge in [-0.3, -0.25) is 4.99 Å². The third-order valence-corrected chi connectivity index (χ3v) is 4.63. The summed E-state index contributed by atoms with van der Waals surface area (Å²) in [5.41, 5.74) is 0.606. The van der Waals surface area contributed by atoms with Gasteiger partial charge < -0.3 is 14.1 Å². The highest BCUT2D eigenvalue weighted by molar-refractivity contribution is 9.10. The minimum absolute atomic E-state index is 0.430. The fourth-order valence-electron chi connectivity index (χ4n) is 2.15. The summed E-state index contributed by atoms with van der Waals surface area (Å²) in [6, 6.07) is 7.21. The molecule has 2 heterocycles. The van der Waals surface area contributed by atoms with Crippen LogP contribution in [0.5, 0.6) is 0 Å². The maximum absolute atomic E-state index is 6.11. The van der Waals surface area contributed by atoms with Crippen LogP contribution in [0, 0.1) is 0 Å². The maximum atomic E-state index is 6.11. The van der Waals surface area contributed by atoms with E-state index in [1.807, 2.05) is 6.07 Å². The van der Waals surface area contributed by atoms with Gasteiger partial charge in [0.2, 0.25) is 5.88 Å². The van der Waals surface area contributed by atoms with Gasteiger partial charge in [0.15, 0.2) is 0 Å². The minimum atomic E-state index is 0.430. The molecule has 0 radical (unpaired) electrons. The molecule has 0 N–H and O–H groups in total. The second-order valence-electron chi connectivity index (χ2n) is 4.73. The van der Waals surface area contributed by atoms with E-state index in [0.29, 0.717) is 34.7 Å². The zero-order valence-electron chi connectivity index (χ0n) is 11.6. The third kappa shape index (κ3) is 3.49.